The fraction of sp³-hybridized carbons (Fsp3) is 0.167. The zero-order valence-electron chi connectivity index (χ0n) is 8.04. The Kier molecular flexibility index (Phi) is 3.65. The van der Waals surface area contributed by atoms with Crippen molar-refractivity contribution >= 4 is 42.6 Å². The normalized spacial score (nSPS) is 10.5. The van der Waals surface area contributed by atoms with Crippen molar-refractivity contribution in [2.24, 2.45) is 0 Å². The Morgan fingerprint density at radius 2 is 1.73 bits per heavy atom. The van der Waals surface area contributed by atoms with Crippen LogP contribution in [0.25, 0.3) is 10.8 Å². The molecule has 0 amide bonds. The van der Waals surface area contributed by atoms with E-state index < -0.39 is 0 Å². The Labute approximate surface area is 106 Å². The Bertz CT molecular complexity index is 468. The molecule has 1 nitrogen and oxygen atoms in total. The van der Waals surface area contributed by atoms with Gasteiger partial charge in [-0.15, -0.1) is 0 Å². The van der Waals surface area contributed by atoms with Crippen molar-refractivity contribution in [1.29, 1.82) is 0 Å². The highest BCUT2D eigenvalue weighted by Gasteiger charge is 2.03. The fourth-order valence-corrected chi connectivity index (χ4v) is 2.15. The summed E-state index contributed by atoms with van der Waals surface area (Å²) in [4.78, 5) is 0. The molecule has 3 heteroatoms. The summed E-state index contributed by atoms with van der Waals surface area (Å²) in [5, 5.41) is 3.18. The first-order chi connectivity index (χ1) is 7.33. The van der Waals surface area contributed by atoms with Crippen LogP contribution in [0.2, 0.25) is 0 Å². The zero-order valence-corrected chi connectivity index (χ0v) is 11.2. The number of halogens is 2. The highest BCUT2D eigenvalue weighted by atomic mass is 79.9. The van der Waals surface area contributed by atoms with Gasteiger partial charge in [-0.05, 0) is 17.5 Å². The molecule has 0 aliphatic rings. The molecule has 0 spiro atoms. The molecule has 0 atom stereocenters. The van der Waals surface area contributed by atoms with E-state index in [1.54, 1.807) is 0 Å². The molecule has 0 saturated carbocycles. The number of fused-ring (bicyclic) bond motifs is 1. The molecule has 0 aliphatic carbocycles. The first-order valence-electron chi connectivity index (χ1n) is 4.69. The Morgan fingerprint density at radius 1 is 1.00 bits per heavy atom. The standard InChI is InChI=1S/C12H10Br2O/c13-7-8-15-12-6-5-11(14)9-3-1-2-4-10(9)12/h1-6H,7-8H2. The molecule has 0 N–H and O–H groups in total. The third kappa shape index (κ3) is 2.34. The van der Waals surface area contributed by atoms with Gasteiger partial charge in [0.2, 0.25) is 0 Å². The Morgan fingerprint density at radius 3 is 2.47 bits per heavy atom. The van der Waals surface area contributed by atoms with Gasteiger partial charge in [0.05, 0.1) is 6.61 Å². The summed E-state index contributed by atoms with van der Waals surface area (Å²) in [5.74, 6) is 0.938. The van der Waals surface area contributed by atoms with Crippen LogP contribution in [0.5, 0.6) is 5.75 Å². The fourth-order valence-electron chi connectivity index (χ4n) is 1.51. The molecular weight excluding hydrogens is 320 g/mol. The number of alkyl halides is 1. The third-order valence-corrected chi connectivity index (χ3v) is 3.18. The second-order valence-electron chi connectivity index (χ2n) is 3.13. The van der Waals surface area contributed by atoms with Gasteiger partial charge in [0, 0.05) is 15.2 Å². The molecule has 2 rings (SSSR count). The number of ether oxygens (including phenoxy) is 1. The molecule has 2 aromatic rings. The minimum Gasteiger partial charge on any atom is -0.492 e. The molecule has 0 unspecified atom stereocenters. The van der Waals surface area contributed by atoms with Gasteiger partial charge in [0.15, 0.2) is 0 Å². The van der Waals surface area contributed by atoms with Gasteiger partial charge in [0.1, 0.15) is 5.75 Å². The van der Waals surface area contributed by atoms with Crippen molar-refractivity contribution < 1.29 is 4.74 Å². The highest BCUT2D eigenvalue weighted by molar-refractivity contribution is 9.10. The maximum atomic E-state index is 5.66. The summed E-state index contributed by atoms with van der Waals surface area (Å²) in [5.41, 5.74) is 0. The van der Waals surface area contributed by atoms with E-state index in [2.05, 4.69) is 44.0 Å². The summed E-state index contributed by atoms with van der Waals surface area (Å²) >= 11 is 6.89. The molecule has 0 heterocycles. The van der Waals surface area contributed by atoms with Gasteiger partial charge in [0.25, 0.3) is 0 Å². The van der Waals surface area contributed by atoms with E-state index >= 15 is 0 Å². The number of rotatable bonds is 3. The van der Waals surface area contributed by atoms with Crippen LogP contribution in [-0.4, -0.2) is 11.9 Å². The van der Waals surface area contributed by atoms with Crippen molar-refractivity contribution in [3.05, 3.63) is 40.9 Å². The Hall–Kier alpha value is -0.540. The average molecular weight is 330 g/mol. The van der Waals surface area contributed by atoms with Crippen LogP contribution in [-0.2, 0) is 0 Å². The van der Waals surface area contributed by atoms with Crippen LogP contribution >= 0.6 is 31.9 Å². The average Bonchev–Trinajstić information content (AvgIpc) is 2.29. The lowest BCUT2D eigenvalue weighted by atomic mass is 10.1. The summed E-state index contributed by atoms with van der Waals surface area (Å²) in [6.07, 6.45) is 0. The minimum atomic E-state index is 0.686. The monoisotopic (exact) mass is 328 g/mol. The number of hydrogen-bond acceptors (Lipinski definition) is 1. The minimum absolute atomic E-state index is 0.686. The van der Waals surface area contributed by atoms with E-state index in [1.165, 1.54) is 5.39 Å². The maximum Gasteiger partial charge on any atom is 0.127 e. The van der Waals surface area contributed by atoms with Crippen molar-refractivity contribution in [2.75, 3.05) is 11.9 Å². The predicted molar refractivity (Wildman–Crippen MR) is 70.9 cm³/mol. The van der Waals surface area contributed by atoms with Crippen LogP contribution < -0.4 is 4.74 Å². The van der Waals surface area contributed by atoms with Crippen LogP contribution in [0.1, 0.15) is 0 Å². The predicted octanol–water partition coefficient (Wildman–Crippen LogP) is 4.38. The number of hydrogen-bond donors (Lipinski definition) is 0. The molecule has 0 bridgehead atoms. The molecule has 15 heavy (non-hydrogen) atoms. The molecule has 0 aromatic heterocycles. The van der Waals surface area contributed by atoms with E-state index in [9.17, 15) is 0 Å². The smallest absolute Gasteiger partial charge is 0.127 e. The quantitative estimate of drug-likeness (QED) is 0.759. The van der Waals surface area contributed by atoms with E-state index in [-0.39, 0.29) is 0 Å². The van der Waals surface area contributed by atoms with E-state index in [0.29, 0.717) is 6.61 Å². The zero-order chi connectivity index (χ0) is 10.7. The van der Waals surface area contributed by atoms with E-state index in [0.717, 1.165) is 20.9 Å². The lowest BCUT2D eigenvalue weighted by molar-refractivity contribution is 0.349. The van der Waals surface area contributed by atoms with Crippen molar-refractivity contribution in [1.82, 2.24) is 0 Å². The van der Waals surface area contributed by atoms with Gasteiger partial charge in [-0.1, -0.05) is 56.1 Å². The van der Waals surface area contributed by atoms with Crippen molar-refractivity contribution in [2.45, 2.75) is 0 Å². The molecule has 0 radical (unpaired) electrons. The van der Waals surface area contributed by atoms with Gasteiger partial charge in [-0.25, -0.2) is 0 Å². The maximum absolute atomic E-state index is 5.66. The largest absolute Gasteiger partial charge is 0.492 e. The lowest BCUT2D eigenvalue weighted by Gasteiger charge is -2.08. The third-order valence-electron chi connectivity index (χ3n) is 2.17. The van der Waals surface area contributed by atoms with Gasteiger partial charge < -0.3 is 4.74 Å². The van der Waals surface area contributed by atoms with E-state index in [1.807, 2.05) is 24.3 Å². The summed E-state index contributed by atoms with van der Waals surface area (Å²) < 4.78 is 6.76. The highest BCUT2D eigenvalue weighted by Crippen LogP contribution is 2.31. The second kappa shape index (κ2) is 4.99. The molecule has 0 saturated heterocycles. The van der Waals surface area contributed by atoms with Gasteiger partial charge in [-0.2, -0.15) is 0 Å². The first kappa shape index (κ1) is 11.0. The van der Waals surface area contributed by atoms with Gasteiger partial charge >= 0.3 is 0 Å². The second-order valence-corrected chi connectivity index (χ2v) is 4.78. The lowest BCUT2D eigenvalue weighted by Crippen LogP contribution is -1.98. The summed E-state index contributed by atoms with van der Waals surface area (Å²) in [7, 11) is 0. The molecule has 78 valence electrons. The molecule has 0 aliphatic heterocycles. The van der Waals surface area contributed by atoms with Crippen molar-refractivity contribution in [3.63, 3.8) is 0 Å². The SMILES string of the molecule is BrCCOc1ccc(Br)c2ccccc12. The topological polar surface area (TPSA) is 9.23 Å². The van der Waals surface area contributed by atoms with Gasteiger partial charge in [-0.3, -0.25) is 0 Å². The summed E-state index contributed by atoms with van der Waals surface area (Å²) in [6.45, 7) is 0.686. The van der Waals surface area contributed by atoms with Crippen LogP contribution in [0, 0.1) is 0 Å². The summed E-state index contributed by atoms with van der Waals surface area (Å²) in [6, 6.07) is 12.2. The number of benzene rings is 2. The molecular formula is C12H10Br2O. The van der Waals surface area contributed by atoms with Crippen molar-refractivity contribution in [3.8, 4) is 5.75 Å². The van der Waals surface area contributed by atoms with Crippen LogP contribution in [0.3, 0.4) is 0 Å². The molecule has 2 aromatic carbocycles. The van der Waals surface area contributed by atoms with Crippen LogP contribution in [0.15, 0.2) is 40.9 Å². The Balaban J connectivity index is 2.51. The first-order valence-corrected chi connectivity index (χ1v) is 6.60. The van der Waals surface area contributed by atoms with Crippen LogP contribution in [0.4, 0.5) is 0 Å². The van der Waals surface area contributed by atoms with E-state index in [4.69, 9.17) is 4.74 Å². The molecule has 0 fully saturated rings.